The molecule has 104 valence electrons. The number of aliphatic hydroxyl groups excluding tert-OH is 1. The molecule has 0 amide bonds. The van der Waals surface area contributed by atoms with Crippen molar-refractivity contribution >= 4 is 0 Å². The Bertz CT molecular complexity index is 452. The van der Waals surface area contributed by atoms with Gasteiger partial charge in [-0.1, -0.05) is 23.8 Å². The fourth-order valence-corrected chi connectivity index (χ4v) is 3.69. The van der Waals surface area contributed by atoms with E-state index in [1.54, 1.807) is 0 Å². The minimum Gasteiger partial charge on any atom is -0.393 e. The molecular weight excluding hydrogens is 236 g/mol. The van der Waals surface area contributed by atoms with Gasteiger partial charge in [0.05, 0.1) is 6.10 Å². The molecule has 0 spiro atoms. The summed E-state index contributed by atoms with van der Waals surface area (Å²) in [6.45, 7) is 3.86. The van der Waals surface area contributed by atoms with Crippen LogP contribution in [-0.2, 0) is 6.54 Å². The molecule has 3 rings (SSSR count). The number of hydrogen-bond donors (Lipinski definition) is 2. The van der Waals surface area contributed by atoms with Crippen molar-refractivity contribution in [3.8, 4) is 0 Å². The monoisotopic (exact) mass is 260 g/mol. The molecule has 1 fully saturated rings. The quantitative estimate of drug-likeness (QED) is 0.856. The SMILES string of the molecule is Cc1ccc2c(c1)C(CN)N(C1CCC(O)CC1)C2. The maximum atomic E-state index is 9.66. The zero-order valence-electron chi connectivity index (χ0n) is 11.7. The summed E-state index contributed by atoms with van der Waals surface area (Å²) >= 11 is 0. The maximum Gasteiger partial charge on any atom is 0.0541 e. The Hall–Kier alpha value is -0.900. The van der Waals surface area contributed by atoms with Gasteiger partial charge in [0, 0.05) is 25.2 Å². The van der Waals surface area contributed by atoms with Crippen LogP contribution in [-0.4, -0.2) is 28.7 Å². The minimum atomic E-state index is -0.0835. The van der Waals surface area contributed by atoms with Gasteiger partial charge in [-0.2, -0.15) is 0 Å². The number of benzene rings is 1. The number of rotatable bonds is 2. The Kier molecular flexibility index (Phi) is 3.61. The topological polar surface area (TPSA) is 49.5 Å². The number of aryl methyl sites for hydroxylation is 1. The third-order valence-corrected chi connectivity index (χ3v) is 4.77. The van der Waals surface area contributed by atoms with Crippen molar-refractivity contribution in [2.75, 3.05) is 6.54 Å². The van der Waals surface area contributed by atoms with Crippen molar-refractivity contribution in [3.63, 3.8) is 0 Å². The first-order valence-electron chi connectivity index (χ1n) is 7.42. The van der Waals surface area contributed by atoms with Crippen LogP contribution in [0.2, 0.25) is 0 Å². The highest BCUT2D eigenvalue weighted by atomic mass is 16.3. The second-order valence-corrected chi connectivity index (χ2v) is 6.09. The van der Waals surface area contributed by atoms with E-state index in [1.807, 2.05) is 0 Å². The van der Waals surface area contributed by atoms with E-state index in [2.05, 4.69) is 30.0 Å². The van der Waals surface area contributed by atoms with E-state index >= 15 is 0 Å². The molecule has 1 atom stereocenters. The molecule has 1 saturated carbocycles. The van der Waals surface area contributed by atoms with E-state index in [0.29, 0.717) is 18.6 Å². The lowest BCUT2D eigenvalue weighted by Gasteiger charge is -2.36. The molecule has 1 heterocycles. The summed E-state index contributed by atoms with van der Waals surface area (Å²) in [5.74, 6) is 0. The van der Waals surface area contributed by atoms with Crippen LogP contribution in [0.1, 0.15) is 48.4 Å². The molecule has 0 bridgehead atoms. The first-order valence-corrected chi connectivity index (χ1v) is 7.42. The lowest BCUT2D eigenvalue weighted by atomic mass is 9.91. The first kappa shape index (κ1) is 13.1. The summed E-state index contributed by atoms with van der Waals surface area (Å²) in [7, 11) is 0. The summed E-state index contributed by atoms with van der Waals surface area (Å²) < 4.78 is 0. The van der Waals surface area contributed by atoms with Gasteiger partial charge in [-0.3, -0.25) is 4.90 Å². The standard InChI is InChI=1S/C16H24N2O/c1-11-2-3-12-10-18(16(9-17)15(12)8-11)13-4-6-14(19)7-5-13/h2-3,8,13-14,16,19H,4-7,9-10,17H2,1H3. The molecule has 19 heavy (non-hydrogen) atoms. The summed E-state index contributed by atoms with van der Waals surface area (Å²) in [4.78, 5) is 2.57. The van der Waals surface area contributed by atoms with Crippen molar-refractivity contribution in [1.29, 1.82) is 0 Å². The van der Waals surface area contributed by atoms with Crippen molar-refractivity contribution in [2.24, 2.45) is 5.73 Å². The van der Waals surface area contributed by atoms with E-state index in [4.69, 9.17) is 5.73 Å². The van der Waals surface area contributed by atoms with Crippen LogP contribution in [0.15, 0.2) is 18.2 Å². The molecule has 0 radical (unpaired) electrons. The van der Waals surface area contributed by atoms with Crippen LogP contribution in [0.3, 0.4) is 0 Å². The van der Waals surface area contributed by atoms with Crippen LogP contribution in [0, 0.1) is 6.92 Å². The van der Waals surface area contributed by atoms with E-state index in [0.717, 1.165) is 32.2 Å². The van der Waals surface area contributed by atoms with Gasteiger partial charge in [0.1, 0.15) is 0 Å². The number of nitrogens with zero attached hydrogens (tertiary/aromatic N) is 1. The average Bonchev–Trinajstić information content (AvgIpc) is 2.77. The molecule has 3 N–H and O–H groups in total. The lowest BCUT2D eigenvalue weighted by Crippen LogP contribution is -2.40. The van der Waals surface area contributed by atoms with Crippen LogP contribution in [0.4, 0.5) is 0 Å². The molecule has 1 aliphatic carbocycles. The molecule has 3 heteroatoms. The molecule has 1 aliphatic heterocycles. The normalized spacial score (nSPS) is 31.4. The van der Waals surface area contributed by atoms with Crippen LogP contribution in [0.5, 0.6) is 0 Å². The Morgan fingerprint density at radius 1 is 1.26 bits per heavy atom. The van der Waals surface area contributed by atoms with E-state index in [9.17, 15) is 5.11 Å². The predicted molar refractivity (Wildman–Crippen MR) is 76.8 cm³/mol. The van der Waals surface area contributed by atoms with Gasteiger partial charge < -0.3 is 10.8 Å². The highest BCUT2D eigenvalue weighted by molar-refractivity contribution is 5.37. The second kappa shape index (κ2) is 5.23. The maximum absolute atomic E-state index is 9.66. The largest absolute Gasteiger partial charge is 0.393 e. The summed E-state index contributed by atoms with van der Waals surface area (Å²) in [6.07, 6.45) is 4.00. The molecule has 2 aliphatic rings. The van der Waals surface area contributed by atoms with Crippen LogP contribution < -0.4 is 5.73 Å². The molecule has 1 aromatic rings. The van der Waals surface area contributed by atoms with Gasteiger partial charge in [-0.15, -0.1) is 0 Å². The Balaban J connectivity index is 1.81. The molecule has 1 unspecified atom stereocenters. The van der Waals surface area contributed by atoms with Gasteiger partial charge in [-0.25, -0.2) is 0 Å². The van der Waals surface area contributed by atoms with Crippen LogP contribution in [0.25, 0.3) is 0 Å². The zero-order valence-corrected chi connectivity index (χ0v) is 11.7. The minimum absolute atomic E-state index is 0.0835. The summed E-state index contributed by atoms with van der Waals surface area (Å²) in [6, 6.07) is 7.70. The smallest absolute Gasteiger partial charge is 0.0541 e. The number of aliphatic hydroxyl groups is 1. The van der Waals surface area contributed by atoms with Crippen molar-refractivity contribution < 1.29 is 5.11 Å². The molecular formula is C16H24N2O. The zero-order chi connectivity index (χ0) is 13.4. The number of hydrogen-bond acceptors (Lipinski definition) is 3. The average molecular weight is 260 g/mol. The third-order valence-electron chi connectivity index (χ3n) is 4.77. The fraction of sp³-hybridized carbons (Fsp3) is 0.625. The highest BCUT2D eigenvalue weighted by Crippen LogP contribution is 2.38. The van der Waals surface area contributed by atoms with Crippen molar-refractivity contribution in [2.45, 2.75) is 57.3 Å². The summed E-state index contributed by atoms with van der Waals surface area (Å²) in [5, 5.41) is 9.66. The van der Waals surface area contributed by atoms with E-state index < -0.39 is 0 Å². The highest BCUT2D eigenvalue weighted by Gasteiger charge is 2.35. The summed E-state index contributed by atoms with van der Waals surface area (Å²) in [5.41, 5.74) is 10.2. The van der Waals surface area contributed by atoms with Crippen LogP contribution >= 0.6 is 0 Å². The Morgan fingerprint density at radius 2 is 2.00 bits per heavy atom. The Labute approximate surface area is 115 Å². The molecule has 3 nitrogen and oxygen atoms in total. The molecule has 0 aromatic heterocycles. The van der Waals surface area contributed by atoms with Gasteiger partial charge in [0.2, 0.25) is 0 Å². The lowest BCUT2D eigenvalue weighted by molar-refractivity contribution is 0.0571. The van der Waals surface area contributed by atoms with Crippen molar-refractivity contribution in [3.05, 3.63) is 34.9 Å². The number of fused-ring (bicyclic) bond motifs is 1. The second-order valence-electron chi connectivity index (χ2n) is 6.09. The Morgan fingerprint density at radius 3 is 2.68 bits per heavy atom. The van der Waals surface area contributed by atoms with E-state index in [-0.39, 0.29) is 6.10 Å². The van der Waals surface area contributed by atoms with Gasteiger partial charge in [0.15, 0.2) is 0 Å². The van der Waals surface area contributed by atoms with Crippen molar-refractivity contribution in [1.82, 2.24) is 4.90 Å². The third kappa shape index (κ3) is 2.42. The van der Waals surface area contributed by atoms with E-state index in [1.165, 1.54) is 16.7 Å². The van der Waals surface area contributed by atoms with Gasteiger partial charge >= 0.3 is 0 Å². The number of nitrogens with two attached hydrogens (primary N) is 1. The molecule has 0 saturated heterocycles. The fourth-order valence-electron chi connectivity index (χ4n) is 3.69. The first-order chi connectivity index (χ1) is 9.19. The van der Waals surface area contributed by atoms with Gasteiger partial charge in [-0.05, 0) is 43.7 Å². The predicted octanol–water partition coefficient (Wildman–Crippen LogP) is 2.11. The van der Waals surface area contributed by atoms with Gasteiger partial charge in [0.25, 0.3) is 0 Å². The molecule has 1 aromatic carbocycles.